The van der Waals surface area contributed by atoms with Gasteiger partial charge in [-0.1, -0.05) is 6.92 Å². The third-order valence-corrected chi connectivity index (χ3v) is 2.46. The minimum Gasteiger partial charge on any atom is -0.472 e. The summed E-state index contributed by atoms with van der Waals surface area (Å²) in [6, 6.07) is 3.87. The Kier molecular flexibility index (Phi) is 5.56. The van der Waals surface area contributed by atoms with E-state index < -0.39 is 0 Å². The number of alkyl halides is 1. The first-order valence-electron chi connectivity index (χ1n) is 5.41. The van der Waals surface area contributed by atoms with Gasteiger partial charge >= 0.3 is 0 Å². The Balaban J connectivity index is 2.78. The average Bonchev–Trinajstić information content (AvgIpc) is 2.28. The van der Waals surface area contributed by atoms with E-state index in [1.54, 1.807) is 7.11 Å². The molecule has 1 unspecified atom stereocenters. The van der Waals surface area contributed by atoms with Crippen LogP contribution in [-0.4, -0.2) is 24.8 Å². The molecule has 1 atom stereocenters. The molecule has 1 heterocycles. The quantitative estimate of drug-likeness (QED) is 0.720. The van der Waals surface area contributed by atoms with Crippen LogP contribution in [0.1, 0.15) is 25.1 Å². The van der Waals surface area contributed by atoms with Gasteiger partial charge in [0.05, 0.1) is 6.61 Å². The molecule has 0 saturated carbocycles. The first-order chi connectivity index (χ1) is 7.69. The Hall–Kier alpha value is -0.800. The second-order valence-electron chi connectivity index (χ2n) is 3.68. The highest BCUT2D eigenvalue weighted by atomic mass is 35.5. The molecule has 0 aliphatic heterocycles. The molecule has 90 valence electrons. The van der Waals surface area contributed by atoms with E-state index in [2.05, 4.69) is 11.9 Å². The summed E-state index contributed by atoms with van der Waals surface area (Å²) in [5.41, 5.74) is 2.03. The molecule has 0 bridgehead atoms. The Morgan fingerprint density at radius 3 is 2.75 bits per heavy atom. The lowest BCUT2D eigenvalue weighted by Crippen LogP contribution is -2.18. The maximum absolute atomic E-state index is 5.82. The topological polar surface area (TPSA) is 31.4 Å². The number of rotatable bonds is 6. The number of nitrogens with zero attached hydrogens (tertiary/aromatic N) is 1. The molecule has 0 aromatic carbocycles. The van der Waals surface area contributed by atoms with Gasteiger partial charge in [-0.3, -0.25) is 0 Å². The number of halogens is 1. The Labute approximate surface area is 102 Å². The molecular weight excluding hydrogens is 226 g/mol. The van der Waals surface area contributed by atoms with Crippen LogP contribution in [-0.2, 0) is 17.0 Å². The summed E-state index contributed by atoms with van der Waals surface area (Å²) in [6.07, 6.45) is 0.868. The minimum absolute atomic E-state index is 0.00668. The van der Waals surface area contributed by atoms with E-state index >= 15 is 0 Å². The molecule has 0 N–H and O–H groups in total. The van der Waals surface area contributed by atoms with Crippen molar-refractivity contribution in [3.05, 3.63) is 23.4 Å². The van der Waals surface area contributed by atoms with Gasteiger partial charge in [-0.05, 0) is 25.0 Å². The van der Waals surface area contributed by atoms with Crippen LogP contribution in [0.2, 0.25) is 0 Å². The van der Waals surface area contributed by atoms with E-state index in [4.69, 9.17) is 21.1 Å². The molecule has 0 saturated heterocycles. The third-order valence-electron chi connectivity index (χ3n) is 2.15. The van der Waals surface area contributed by atoms with Crippen molar-refractivity contribution in [2.75, 3.05) is 13.7 Å². The van der Waals surface area contributed by atoms with E-state index in [1.165, 1.54) is 0 Å². The fraction of sp³-hybridized carbons (Fsp3) is 0.583. The Morgan fingerprint density at radius 1 is 1.44 bits per heavy atom. The number of hydrogen-bond donors (Lipinski definition) is 0. The van der Waals surface area contributed by atoms with Crippen molar-refractivity contribution in [2.24, 2.45) is 0 Å². The number of methoxy groups -OCH3 is 1. The predicted octanol–water partition coefficient (Wildman–Crippen LogP) is 2.80. The van der Waals surface area contributed by atoms with Crippen LogP contribution in [0.5, 0.6) is 5.88 Å². The second-order valence-corrected chi connectivity index (χ2v) is 3.94. The molecular formula is C12H18ClNO2. The van der Waals surface area contributed by atoms with Crippen molar-refractivity contribution in [3.8, 4) is 5.88 Å². The van der Waals surface area contributed by atoms with Gasteiger partial charge in [0.15, 0.2) is 0 Å². The molecule has 0 aliphatic carbocycles. The first-order valence-corrected chi connectivity index (χ1v) is 5.94. The van der Waals surface area contributed by atoms with Gasteiger partial charge in [0.25, 0.3) is 0 Å². The normalized spacial score (nSPS) is 12.5. The molecule has 0 aliphatic rings. The fourth-order valence-corrected chi connectivity index (χ4v) is 1.57. The molecule has 4 heteroatoms. The van der Waals surface area contributed by atoms with Gasteiger partial charge in [0.2, 0.25) is 5.88 Å². The van der Waals surface area contributed by atoms with Crippen LogP contribution in [0.4, 0.5) is 0 Å². The molecule has 0 radical (unpaired) electrons. The summed E-state index contributed by atoms with van der Waals surface area (Å²) in [7, 11) is 1.65. The monoisotopic (exact) mass is 243 g/mol. The van der Waals surface area contributed by atoms with Gasteiger partial charge in [-0.15, -0.1) is 11.6 Å². The maximum atomic E-state index is 5.82. The van der Waals surface area contributed by atoms with Gasteiger partial charge < -0.3 is 9.47 Å². The van der Waals surface area contributed by atoms with Gasteiger partial charge in [0.1, 0.15) is 6.10 Å². The molecule has 0 fully saturated rings. The number of pyridine rings is 1. The van der Waals surface area contributed by atoms with Gasteiger partial charge in [0, 0.05) is 24.8 Å². The third kappa shape index (κ3) is 3.99. The SMILES string of the molecule is CCc1cc(CCl)cc(OC(C)COC)n1. The van der Waals surface area contributed by atoms with Crippen molar-refractivity contribution >= 4 is 11.6 Å². The zero-order valence-corrected chi connectivity index (χ0v) is 10.8. The predicted molar refractivity (Wildman–Crippen MR) is 65.1 cm³/mol. The molecule has 1 aromatic rings. The van der Waals surface area contributed by atoms with Crippen molar-refractivity contribution in [1.29, 1.82) is 0 Å². The van der Waals surface area contributed by atoms with E-state index in [0.717, 1.165) is 17.7 Å². The van der Waals surface area contributed by atoms with E-state index in [-0.39, 0.29) is 6.10 Å². The maximum Gasteiger partial charge on any atom is 0.214 e. The summed E-state index contributed by atoms with van der Waals surface area (Å²) in [5, 5.41) is 0. The fourth-order valence-electron chi connectivity index (χ4n) is 1.41. The number of aromatic nitrogens is 1. The number of ether oxygens (including phenoxy) is 2. The zero-order valence-electron chi connectivity index (χ0n) is 10.00. The lowest BCUT2D eigenvalue weighted by atomic mass is 10.2. The van der Waals surface area contributed by atoms with E-state index in [1.807, 2.05) is 19.1 Å². The van der Waals surface area contributed by atoms with E-state index in [0.29, 0.717) is 18.4 Å². The number of hydrogen-bond acceptors (Lipinski definition) is 3. The van der Waals surface area contributed by atoms with Gasteiger partial charge in [-0.25, -0.2) is 4.98 Å². The Morgan fingerprint density at radius 2 is 2.19 bits per heavy atom. The lowest BCUT2D eigenvalue weighted by molar-refractivity contribution is 0.0888. The summed E-state index contributed by atoms with van der Waals surface area (Å²) >= 11 is 5.82. The van der Waals surface area contributed by atoms with Crippen LogP contribution >= 0.6 is 11.6 Å². The van der Waals surface area contributed by atoms with Gasteiger partial charge in [-0.2, -0.15) is 0 Å². The van der Waals surface area contributed by atoms with Crippen molar-refractivity contribution < 1.29 is 9.47 Å². The van der Waals surface area contributed by atoms with Crippen molar-refractivity contribution in [2.45, 2.75) is 32.3 Å². The Bertz CT molecular complexity index is 309. The molecule has 0 spiro atoms. The molecule has 3 nitrogen and oxygen atoms in total. The van der Waals surface area contributed by atoms with Crippen molar-refractivity contribution in [1.82, 2.24) is 4.98 Å². The average molecular weight is 244 g/mol. The van der Waals surface area contributed by atoms with Crippen LogP contribution in [0, 0.1) is 0 Å². The molecule has 0 amide bonds. The van der Waals surface area contributed by atoms with Crippen LogP contribution in [0.25, 0.3) is 0 Å². The molecule has 1 aromatic heterocycles. The first kappa shape index (κ1) is 13.3. The van der Waals surface area contributed by atoms with Crippen LogP contribution < -0.4 is 4.74 Å². The number of aryl methyl sites for hydroxylation is 1. The van der Waals surface area contributed by atoms with Crippen LogP contribution in [0.15, 0.2) is 12.1 Å². The summed E-state index contributed by atoms with van der Waals surface area (Å²) in [5.74, 6) is 1.10. The largest absolute Gasteiger partial charge is 0.472 e. The summed E-state index contributed by atoms with van der Waals surface area (Å²) < 4.78 is 10.7. The highest BCUT2D eigenvalue weighted by Gasteiger charge is 2.07. The van der Waals surface area contributed by atoms with E-state index in [9.17, 15) is 0 Å². The second kappa shape index (κ2) is 6.71. The minimum atomic E-state index is -0.00668. The lowest BCUT2D eigenvalue weighted by Gasteiger charge is -2.14. The highest BCUT2D eigenvalue weighted by molar-refractivity contribution is 6.17. The molecule has 16 heavy (non-hydrogen) atoms. The smallest absolute Gasteiger partial charge is 0.214 e. The summed E-state index contributed by atoms with van der Waals surface area (Å²) in [6.45, 7) is 4.56. The zero-order chi connectivity index (χ0) is 12.0. The molecule has 1 rings (SSSR count). The highest BCUT2D eigenvalue weighted by Crippen LogP contribution is 2.16. The standard InChI is InChI=1S/C12H18ClNO2/c1-4-11-5-10(7-13)6-12(14-11)16-9(2)8-15-3/h5-6,9H,4,7-8H2,1-3H3. The van der Waals surface area contributed by atoms with Crippen molar-refractivity contribution in [3.63, 3.8) is 0 Å². The summed E-state index contributed by atoms with van der Waals surface area (Å²) in [4.78, 5) is 4.39. The van der Waals surface area contributed by atoms with Crippen LogP contribution in [0.3, 0.4) is 0 Å².